The van der Waals surface area contributed by atoms with E-state index in [1.54, 1.807) is 0 Å². The van der Waals surface area contributed by atoms with E-state index >= 15 is 0 Å². The maximum absolute atomic E-state index is 5.25. The Morgan fingerprint density at radius 2 is 2.38 bits per heavy atom. The average molecular weight is 226 g/mol. The summed E-state index contributed by atoms with van der Waals surface area (Å²) in [5.74, 6) is 0.769. The predicted octanol–water partition coefficient (Wildman–Crippen LogP) is 1.34. The maximum Gasteiger partial charge on any atom is 0.0503 e. The molecule has 0 aromatic carbocycles. The molecule has 0 bridgehead atoms. The predicted molar refractivity (Wildman–Crippen MR) is 66.6 cm³/mol. The summed E-state index contributed by atoms with van der Waals surface area (Å²) in [5, 5.41) is 3.53. The molecular formula is C13H26N2O. The molecule has 2 unspecified atom stereocenters. The molecule has 0 spiro atoms. The standard InChI is InChI=1S/C13H26N2O/c1-13(5-3-6-14-10-13)11-15-7-4-12(8-15)9-16-2/h12,14H,3-11H2,1-2H3. The number of rotatable bonds is 4. The van der Waals surface area contributed by atoms with E-state index in [0.717, 1.165) is 12.5 Å². The smallest absolute Gasteiger partial charge is 0.0503 e. The average Bonchev–Trinajstić information content (AvgIpc) is 2.66. The number of piperidine rings is 1. The van der Waals surface area contributed by atoms with E-state index in [2.05, 4.69) is 17.1 Å². The Bertz CT molecular complexity index is 214. The van der Waals surface area contributed by atoms with Crippen LogP contribution in [0, 0.1) is 11.3 Å². The summed E-state index contributed by atoms with van der Waals surface area (Å²) in [4.78, 5) is 2.64. The van der Waals surface area contributed by atoms with Gasteiger partial charge in [0.2, 0.25) is 0 Å². The number of nitrogens with zero attached hydrogens (tertiary/aromatic N) is 1. The minimum absolute atomic E-state index is 0.500. The Morgan fingerprint density at radius 1 is 1.50 bits per heavy atom. The van der Waals surface area contributed by atoms with E-state index in [9.17, 15) is 0 Å². The van der Waals surface area contributed by atoms with Crippen LogP contribution in [0.15, 0.2) is 0 Å². The van der Waals surface area contributed by atoms with Crippen LogP contribution in [-0.2, 0) is 4.74 Å². The van der Waals surface area contributed by atoms with Gasteiger partial charge in [-0.3, -0.25) is 0 Å². The number of ether oxygens (including phenoxy) is 1. The molecule has 2 aliphatic rings. The Labute approximate surface area is 99.5 Å². The van der Waals surface area contributed by atoms with Crippen molar-refractivity contribution in [2.24, 2.45) is 11.3 Å². The largest absolute Gasteiger partial charge is 0.384 e. The zero-order valence-corrected chi connectivity index (χ0v) is 10.8. The van der Waals surface area contributed by atoms with Crippen LogP contribution in [0.5, 0.6) is 0 Å². The molecule has 2 fully saturated rings. The molecule has 0 aromatic rings. The van der Waals surface area contributed by atoms with Gasteiger partial charge >= 0.3 is 0 Å². The molecule has 2 aliphatic heterocycles. The van der Waals surface area contributed by atoms with Crippen LogP contribution in [0.25, 0.3) is 0 Å². The van der Waals surface area contributed by atoms with Crippen molar-refractivity contribution < 1.29 is 4.74 Å². The minimum atomic E-state index is 0.500. The lowest BCUT2D eigenvalue weighted by Crippen LogP contribution is -2.45. The van der Waals surface area contributed by atoms with Gasteiger partial charge in [-0.1, -0.05) is 6.92 Å². The highest BCUT2D eigenvalue weighted by atomic mass is 16.5. The number of nitrogens with one attached hydrogen (secondary N) is 1. The van der Waals surface area contributed by atoms with Gasteiger partial charge in [-0.05, 0) is 43.7 Å². The summed E-state index contributed by atoms with van der Waals surface area (Å²) < 4.78 is 5.25. The second kappa shape index (κ2) is 5.48. The number of hydrogen-bond acceptors (Lipinski definition) is 3. The maximum atomic E-state index is 5.25. The van der Waals surface area contributed by atoms with Gasteiger partial charge in [-0.2, -0.15) is 0 Å². The van der Waals surface area contributed by atoms with Crippen LogP contribution in [0.1, 0.15) is 26.2 Å². The van der Waals surface area contributed by atoms with Gasteiger partial charge in [-0.25, -0.2) is 0 Å². The number of hydrogen-bond donors (Lipinski definition) is 1. The molecule has 0 radical (unpaired) electrons. The Balaban J connectivity index is 1.77. The molecule has 2 rings (SSSR count). The van der Waals surface area contributed by atoms with Gasteiger partial charge < -0.3 is 15.0 Å². The fraction of sp³-hybridized carbons (Fsp3) is 1.00. The molecule has 2 saturated heterocycles. The highest BCUT2D eigenvalue weighted by Crippen LogP contribution is 2.29. The normalized spacial score (nSPS) is 36.8. The SMILES string of the molecule is COCC1CCN(CC2(C)CCCNC2)C1. The second-order valence-electron chi connectivity index (χ2n) is 5.94. The van der Waals surface area contributed by atoms with Crippen molar-refractivity contribution in [3.8, 4) is 0 Å². The first-order chi connectivity index (χ1) is 7.72. The molecule has 0 saturated carbocycles. The summed E-state index contributed by atoms with van der Waals surface area (Å²) in [6.07, 6.45) is 4.04. The van der Waals surface area contributed by atoms with Gasteiger partial charge in [0.1, 0.15) is 0 Å². The van der Waals surface area contributed by atoms with Crippen LogP contribution in [0.3, 0.4) is 0 Å². The third kappa shape index (κ3) is 3.19. The molecule has 94 valence electrons. The molecule has 3 nitrogen and oxygen atoms in total. The lowest BCUT2D eigenvalue weighted by molar-refractivity contribution is 0.130. The van der Waals surface area contributed by atoms with Gasteiger partial charge in [-0.15, -0.1) is 0 Å². The van der Waals surface area contributed by atoms with E-state index in [4.69, 9.17) is 4.74 Å². The Morgan fingerprint density at radius 3 is 3.06 bits per heavy atom. The molecule has 0 aliphatic carbocycles. The van der Waals surface area contributed by atoms with Gasteiger partial charge in [0.15, 0.2) is 0 Å². The quantitative estimate of drug-likeness (QED) is 0.783. The summed E-state index contributed by atoms with van der Waals surface area (Å²) in [7, 11) is 1.81. The topological polar surface area (TPSA) is 24.5 Å². The van der Waals surface area contributed by atoms with Crippen molar-refractivity contribution >= 4 is 0 Å². The van der Waals surface area contributed by atoms with Crippen molar-refractivity contribution in [1.29, 1.82) is 0 Å². The third-order valence-corrected chi connectivity index (χ3v) is 4.06. The molecular weight excluding hydrogens is 200 g/mol. The number of likely N-dealkylation sites (tertiary alicyclic amines) is 1. The van der Waals surface area contributed by atoms with Crippen molar-refractivity contribution in [2.75, 3.05) is 46.4 Å². The summed E-state index contributed by atoms with van der Waals surface area (Å²) in [6.45, 7) is 9.54. The van der Waals surface area contributed by atoms with Crippen LogP contribution in [-0.4, -0.2) is 51.3 Å². The highest BCUT2D eigenvalue weighted by molar-refractivity contribution is 4.87. The van der Waals surface area contributed by atoms with Crippen molar-refractivity contribution in [3.05, 3.63) is 0 Å². The van der Waals surface area contributed by atoms with Crippen LogP contribution >= 0.6 is 0 Å². The molecule has 0 aromatic heterocycles. The zero-order chi connectivity index (χ0) is 11.4. The fourth-order valence-corrected chi connectivity index (χ4v) is 3.22. The first kappa shape index (κ1) is 12.3. The zero-order valence-electron chi connectivity index (χ0n) is 10.8. The van der Waals surface area contributed by atoms with E-state index < -0.39 is 0 Å². The van der Waals surface area contributed by atoms with E-state index in [1.165, 1.54) is 52.0 Å². The van der Waals surface area contributed by atoms with Crippen molar-refractivity contribution in [3.63, 3.8) is 0 Å². The van der Waals surface area contributed by atoms with E-state index in [1.807, 2.05) is 7.11 Å². The van der Waals surface area contributed by atoms with Gasteiger partial charge in [0.25, 0.3) is 0 Å². The summed E-state index contributed by atoms with van der Waals surface area (Å²) in [5.41, 5.74) is 0.500. The molecule has 2 atom stereocenters. The third-order valence-electron chi connectivity index (χ3n) is 4.06. The minimum Gasteiger partial charge on any atom is -0.384 e. The molecule has 2 heterocycles. The highest BCUT2D eigenvalue weighted by Gasteiger charge is 2.32. The molecule has 1 N–H and O–H groups in total. The fourth-order valence-electron chi connectivity index (χ4n) is 3.22. The van der Waals surface area contributed by atoms with Crippen LogP contribution in [0.2, 0.25) is 0 Å². The monoisotopic (exact) mass is 226 g/mol. The van der Waals surface area contributed by atoms with Crippen LogP contribution in [0.4, 0.5) is 0 Å². The van der Waals surface area contributed by atoms with Crippen molar-refractivity contribution in [2.45, 2.75) is 26.2 Å². The van der Waals surface area contributed by atoms with Crippen molar-refractivity contribution in [1.82, 2.24) is 10.2 Å². The summed E-state index contributed by atoms with van der Waals surface area (Å²) >= 11 is 0. The Hall–Kier alpha value is -0.120. The lowest BCUT2D eigenvalue weighted by atomic mass is 9.82. The van der Waals surface area contributed by atoms with E-state index in [0.29, 0.717) is 5.41 Å². The first-order valence-corrected chi connectivity index (χ1v) is 6.64. The molecule has 16 heavy (non-hydrogen) atoms. The molecule has 3 heteroatoms. The van der Waals surface area contributed by atoms with Gasteiger partial charge in [0.05, 0.1) is 6.61 Å². The summed E-state index contributed by atoms with van der Waals surface area (Å²) in [6, 6.07) is 0. The van der Waals surface area contributed by atoms with Gasteiger partial charge in [0, 0.05) is 26.7 Å². The Kier molecular flexibility index (Phi) is 4.22. The second-order valence-corrected chi connectivity index (χ2v) is 5.94. The molecule has 0 amide bonds. The first-order valence-electron chi connectivity index (χ1n) is 6.64. The van der Waals surface area contributed by atoms with E-state index in [-0.39, 0.29) is 0 Å². The number of methoxy groups -OCH3 is 1. The lowest BCUT2D eigenvalue weighted by Gasteiger charge is -2.37. The van der Waals surface area contributed by atoms with Crippen LogP contribution < -0.4 is 5.32 Å².